The first-order chi connectivity index (χ1) is 11.7. The van der Waals surface area contributed by atoms with Crippen molar-refractivity contribution in [2.24, 2.45) is 4.99 Å². The first-order valence-electron chi connectivity index (χ1n) is 8.37. The van der Waals surface area contributed by atoms with Gasteiger partial charge in [0.2, 0.25) is 5.88 Å². The monoisotopic (exact) mass is 454 g/mol. The first kappa shape index (κ1) is 21.2. The van der Waals surface area contributed by atoms with Crippen LogP contribution in [0.25, 0.3) is 0 Å². The molecule has 136 valence electrons. The molecule has 0 aliphatic heterocycles. The molecule has 0 amide bonds. The van der Waals surface area contributed by atoms with E-state index in [0.717, 1.165) is 24.6 Å². The minimum atomic E-state index is 0. The van der Waals surface area contributed by atoms with E-state index in [1.807, 2.05) is 19.1 Å². The highest BCUT2D eigenvalue weighted by Crippen LogP contribution is 2.10. The lowest BCUT2D eigenvalue weighted by atomic mass is 10.1. The van der Waals surface area contributed by atoms with E-state index in [4.69, 9.17) is 4.74 Å². The van der Waals surface area contributed by atoms with Crippen molar-refractivity contribution in [3.63, 3.8) is 0 Å². The van der Waals surface area contributed by atoms with Crippen molar-refractivity contribution in [3.8, 4) is 5.88 Å². The van der Waals surface area contributed by atoms with Gasteiger partial charge in [-0.25, -0.2) is 9.98 Å². The molecule has 1 heterocycles. The Kier molecular flexibility index (Phi) is 9.91. The lowest BCUT2D eigenvalue weighted by Gasteiger charge is -2.13. The lowest BCUT2D eigenvalue weighted by Crippen LogP contribution is -2.36. The van der Waals surface area contributed by atoms with Gasteiger partial charge in [-0.15, -0.1) is 24.0 Å². The van der Waals surface area contributed by atoms with Gasteiger partial charge in [0.15, 0.2) is 5.96 Å². The minimum absolute atomic E-state index is 0. The topological polar surface area (TPSA) is 58.5 Å². The summed E-state index contributed by atoms with van der Waals surface area (Å²) in [4.78, 5) is 8.82. The fraction of sp³-hybridized carbons (Fsp3) is 0.368. The van der Waals surface area contributed by atoms with Crippen LogP contribution < -0.4 is 15.4 Å². The second kappa shape index (κ2) is 11.7. The SMILES string of the molecule is CCNC(=NCc1ccnc(OCC)c1)NCc1ccccc1C.I. The van der Waals surface area contributed by atoms with Crippen molar-refractivity contribution in [2.75, 3.05) is 13.2 Å². The van der Waals surface area contributed by atoms with E-state index in [-0.39, 0.29) is 24.0 Å². The number of aliphatic imine (C=N–C) groups is 1. The number of nitrogens with zero attached hydrogens (tertiary/aromatic N) is 2. The summed E-state index contributed by atoms with van der Waals surface area (Å²) in [5.41, 5.74) is 3.61. The average Bonchev–Trinajstić information content (AvgIpc) is 2.59. The normalized spacial score (nSPS) is 10.8. The van der Waals surface area contributed by atoms with Crippen LogP contribution in [-0.4, -0.2) is 24.1 Å². The molecule has 2 rings (SSSR count). The van der Waals surface area contributed by atoms with Crippen molar-refractivity contribution < 1.29 is 4.74 Å². The second-order valence-electron chi connectivity index (χ2n) is 5.41. The minimum Gasteiger partial charge on any atom is -0.478 e. The molecular formula is C19H27IN4O. The Bertz CT molecular complexity index is 676. The Morgan fingerprint density at radius 3 is 2.68 bits per heavy atom. The highest BCUT2D eigenvalue weighted by molar-refractivity contribution is 14.0. The van der Waals surface area contributed by atoms with E-state index >= 15 is 0 Å². The van der Waals surface area contributed by atoms with Crippen molar-refractivity contribution in [1.82, 2.24) is 15.6 Å². The molecule has 2 aromatic rings. The molecule has 0 fully saturated rings. The zero-order chi connectivity index (χ0) is 17.2. The predicted molar refractivity (Wildman–Crippen MR) is 114 cm³/mol. The molecular weight excluding hydrogens is 427 g/mol. The van der Waals surface area contributed by atoms with Crippen LogP contribution in [0.3, 0.4) is 0 Å². The van der Waals surface area contributed by atoms with Gasteiger partial charge in [-0.1, -0.05) is 24.3 Å². The van der Waals surface area contributed by atoms with Crippen LogP contribution in [0.2, 0.25) is 0 Å². The van der Waals surface area contributed by atoms with Gasteiger partial charge >= 0.3 is 0 Å². The van der Waals surface area contributed by atoms with E-state index < -0.39 is 0 Å². The maximum atomic E-state index is 5.43. The number of benzene rings is 1. The van der Waals surface area contributed by atoms with Crippen LogP contribution in [0.1, 0.15) is 30.5 Å². The standard InChI is InChI=1S/C19H26N4O.HI/c1-4-20-19(23-14-17-9-7-6-8-15(17)3)22-13-16-10-11-21-18(12-16)24-5-2;/h6-12H,4-5,13-14H2,1-3H3,(H2,20,22,23);1H. The number of guanidine groups is 1. The van der Waals surface area contributed by atoms with Gasteiger partial charge in [-0.3, -0.25) is 0 Å². The highest BCUT2D eigenvalue weighted by Gasteiger charge is 2.02. The Hall–Kier alpha value is -1.83. The van der Waals surface area contributed by atoms with Gasteiger partial charge < -0.3 is 15.4 Å². The summed E-state index contributed by atoms with van der Waals surface area (Å²) in [6.45, 7) is 8.88. The number of hydrogen-bond acceptors (Lipinski definition) is 3. The van der Waals surface area contributed by atoms with Gasteiger partial charge in [0.25, 0.3) is 0 Å². The lowest BCUT2D eigenvalue weighted by molar-refractivity contribution is 0.326. The molecule has 2 N–H and O–H groups in total. The molecule has 0 bridgehead atoms. The van der Waals surface area contributed by atoms with Crippen LogP contribution in [0.15, 0.2) is 47.6 Å². The third-order valence-corrected chi connectivity index (χ3v) is 3.56. The molecule has 0 aliphatic rings. The number of aromatic nitrogens is 1. The number of rotatable bonds is 7. The summed E-state index contributed by atoms with van der Waals surface area (Å²) >= 11 is 0. The maximum absolute atomic E-state index is 5.43. The summed E-state index contributed by atoms with van der Waals surface area (Å²) in [6, 6.07) is 12.2. The molecule has 0 spiro atoms. The Labute approximate surface area is 167 Å². The van der Waals surface area contributed by atoms with E-state index in [2.05, 4.69) is 58.7 Å². The van der Waals surface area contributed by atoms with Crippen molar-refractivity contribution >= 4 is 29.9 Å². The smallest absolute Gasteiger partial charge is 0.213 e. The van der Waals surface area contributed by atoms with Crippen LogP contribution in [0.4, 0.5) is 0 Å². The Morgan fingerprint density at radius 2 is 1.96 bits per heavy atom. The number of nitrogens with one attached hydrogen (secondary N) is 2. The molecule has 0 saturated heterocycles. The van der Waals surface area contributed by atoms with E-state index in [1.54, 1.807) is 6.20 Å². The molecule has 0 saturated carbocycles. The average molecular weight is 454 g/mol. The van der Waals surface area contributed by atoms with Gasteiger partial charge in [0.1, 0.15) is 0 Å². The molecule has 0 aliphatic carbocycles. The van der Waals surface area contributed by atoms with Crippen molar-refractivity contribution in [3.05, 3.63) is 59.3 Å². The third-order valence-electron chi connectivity index (χ3n) is 3.56. The zero-order valence-electron chi connectivity index (χ0n) is 15.1. The number of hydrogen-bond donors (Lipinski definition) is 2. The highest BCUT2D eigenvalue weighted by atomic mass is 127. The summed E-state index contributed by atoms with van der Waals surface area (Å²) in [6.07, 6.45) is 1.75. The largest absolute Gasteiger partial charge is 0.478 e. The van der Waals surface area contributed by atoms with E-state index in [1.165, 1.54) is 11.1 Å². The van der Waals surface area contributed by atoms with Crippen LogP contribution in [0, 0.1) is 6.92 Å². The molecule has 0 radical (unpaired) electrons. The first-order valence-corrected chi connectivity index (χ1v) is 8.37. The Balaban J connectivity index is 0.00000312. The molecule has 5 nitrogen and oxygen atoms in total. The van der Waals surface area contributed by atoms with E-state index in [0.29, 0.717) is 19.0 Å². The molecule has 25 heavy (non-hydrogen) atoms. The summed E-state index contributed by atoms with van der Waals surface area (Å²) < 4.78 is 5.43. The molecule has 1 aromatic carbocycles. The summed E-state index contributed by atoms with van der Waals surface area (Å²) in [5, 5.41) is 6.65. The van der Waals surface area contributed by atoms with Crippen LogP contribution in [-0.2, 0) is 13.1 Å². The van der Waals surface area contributed by atoms with Gasteiger partial charge in [-0.05, 0) is 43.5 Å². The molecule has 1 aromatic heterocycles. The number of pyridine rings is 1. The van der Waals surface area contributed by atoms with Crippen molar-refractivity contribution in [2.45, 2.75) is 33.9 Å². The van der Waals surface area contributed by atoms with Crippen LogP contribution >= 0.6 is 24.0 Å². The summed E-state index contributed by atoms with van der Waals surface area (Å²) in [5.74, 6) is 1.44. The molecule has 0 atom stereocenters. The number of ether oxygens (including phenoxy) is 1. The third kappa shape index (κ3) is 7.29. The quantitative estimate of drug-likeness (QED) is 0.381. The number of halogens is 1. The zero-order valence-corrected chi connectivity index (χ0v) is 17.4. The molecule has 0 unspecified atom stereocenters. The van der Waals surface area contributed by atoms with E-state index in [9.17, 15) is 0 Å². The summed E-state index contributed by atoms with van der Waals surface area (Å²) in [7, 11) is 0. The predicted octanol–water partition coefficient (Wildman–Crippen LogP) is 3.66. The molecule has 6 heteroatoms. The number of aryl methyl sites for hydroxylation is 1. The fourth-order valence-corrected chi connectivity index (χ4v) is 2.28. The Morgan fingerprint density at radius 1 is 1.16 bits per heavy atom. The fourth-order valence-electron chi connectivity index (χ4n) is 2.28. The van der Waals surface area contributed by atoms with Crippen molar-refractivity contribution in [1.29, 1.82) is 0 Å². The van der Waals surface area contributed by atoms with Gasteiger partial charge in [-0.2, -0.15) is 0 Å². The van der Waals surface area contributed by atoms with Gasteiger partial charge in [0, 0.05) is 25.4 Å². The maximum Gasteiger partial charge on any atom is 0.213 e. The van der Waals surface area contributed by atoms with Gasteiger partial charge in [0.05, 0.1) is 13.2 Å². The van der Waals surface area contributed by atoms with Crippen LogP contribution in [0.5, 0.6) is 5.88 Å². The second-order valence-corrected chi connectivity index (χ2v) is 5.41.